The van der Waals surface area contributed by atoms with Gasteiger partial charge in [0.05, 0.1) is 0 Å². The number of hydrogen-bond donors (Lipinski definition) is 1. The van der Waals surface area contributed by atoms with Crippen molar-refractivity contribution in [1.29, 1.82) is 0 Å². The molecule has 0 aliphatic carbocycles. The van der Waals surface area contributed by atoms with Crippen molar-refractivity contribution in [1.82, 2.24) is 0 Å². The molecule has 1 aromatic carbocycles. The van der Waals surface area contributed by atoms with Gasteiger partial charge in [0, 0.05) is 5.69 Å². The van der Waals surface area contributed by atoms with Gasteiger partial charge in [0.1, 0.15) is 0 Å². The number of carbonyl (C=O) groups is 1. The van der Waals surface area contributed by atoms with E-state index in [-0.39, 0.29) is 5.56 Å². The summed E-state index contributed by atoms with van der Waals surface area (Å²) in [5.74, 6) is -16.5. The molecular formula is C13H8F11NO2. The first-order valence-electron chi connectivity index (χ1n) is 6.52. The second-order valence-corrected chi connectivity index (χ2v) is 5.05. The maximum atomic E-state index is 14.0. The van der Waals surface area contributed by atoms with E-state index < -0.39 is 41.8 Å². The minimum Gasteiger partial charge on any atom is -0.321 e. The van der Waals surface area contributed by atoms with Gasteiger partial charge in [0.15, 0.2) is 0 Å². The molecule has 27 heavy (non-hydrogen) atoms. The average molecular weight is 419 g/mol. The van der Waals surface area contributed by atoms with Gasteiger partial charge in [-0.2, -0.15) is 48.3 Å². The van der Waals surface area contributed by atoms with Crippen molar-refractivity contribution in [2.24, 2.45) is 0 Å². The molecule has 14 heteroatoms. The van der Waals surface area contributed by atoms with Crippen LogP contribution in [-0.2, 0) is 9.53 Å². The number of anilines is 1. The van der Waals surface area contributed by atoms with E-state index in [0.717, 1.165) is 17.4 Å². The van der Waals surface area contributed by atoms with Gasteiger partial charge in [-0.15, -0.1) is 0 Å². The smallest absolute Gasteiger partial charge is 0.321 e. The Hall–Kier alpha value is -2.12. The highest BCUT2D eigenvalue weighted by atomic mass is 19.4. The van der Waals surface area contributed by atoms with Crippen LogP contribution in [0.3, 0.4) is 0 Å². The van der Waals surface area contributed by atoms with Gasteiger partial charge in [-0.1, -0.05) is 18.2 Å². The molecule has 1 N–H and O–H groups in total. The highest BCUT2D eigenvalue weighted by Gasteiger charge is 2.79. The molecular weight excluding hydrogens is 411 g/mol. The van der Waals surface area contributed by atoms with Crippen LogP contribution in [0.1, 0.15) is 5.56 Å². The van der Waals surface area contributed by atoms with Crippen molar-refractivity contribution in [3.05, 3.63) is 29.8 Å². The van der Waals surface area contributed by atoms with Crippen molar-refractivity contribution in [2.45, 2.75) is 37.2 Å². The Morgan fingerprint density at radius 2 is 1.33 bits per heavy atom. The lowest BCUT2D eigenvalue weighted by atomic mass is 10.2. The summed E-state index contributed by atoms with van der Waals surface area (Å²) in [6.45, 7) is 1.18. The maximum absolute atomic E-state index is 14.0. The topological polar surface area (TPSA) is 38.3 Å². The summed E-state index contributed by atoms with van der Waals surface area (Å²) in [6.07, 6.45) is -20.9. The highest BCUT2D eigenvalue weighted by Crippen LogP contribution is 2.51. The molecule has 0 unspecified atom stereocenters. The highest BCUT2D eigenvalue weighted by molar-refractivity contribution is 5.97. The molecule has 154 valence electrons. The normalized spacial score (nSPS) is 16.0. The maximum Gasteiger partial charge on any atom is 0.462 e. The first-order valence-corrected chi connectivity index (χ1v) is 6.52. The van der Waals surface area contributed by atoms with Crippen LogP contribution in [-0.4, -0.2) is 36.1 Å². The van der Waals surface area contributed by atoms with E-state index in [4.69, 9.17) is 0 Å². The molecule has 0 fully saturated rings. The van der Waals surface area contributed by atoms with Crippen LogP contribution in [0.15, 0.2) is 24.3 Å². The minimum absolute atomic E-state index is 0.0113. The van der Waals surface area contributed by atoms with Crippen LogP contribution < -0.4 is 5.32 Å². The van der Waals surface area contributed by atoms with Gasteiger partial charge < -0.3 is 5.32 Å². The fourth-order valence-electron chi connectivity index (χ4n) is 1.55. The van der Waals surface area contributed by atoms with Crippen molar-refractivity contribution >= 4 is 11.6 Å². The summed E-state index contributed by atoms with van der Waals surface area (Å²) in [5.41, 5.74) is -0.578. The zero-order valence-corrected chi connectivity index (χ0v) is 12.8. The van der Waals surface area contributed by atoms with Crippen molar-refractivity contribution < 1.29 is 57.8 Å². The molecule has 1 amide bonds. The van der Waals surface area contributed by atoms with E-state index in [0.29, 0.717) is 0 Å². The molecule has 1 rings (SSSR count). The number of para-hydroxylation sites is 1. The average Bonchev–Trinajstić information content (AvgIpc) is 2.46. The number of aryl methyl sites for hydroxylation is 1. The molecule has 0 bridgehead atoms. The van der Waals surface area contributed by atoms with Crippen LogP contribution in [0.5, 0.6) is 0 Å². The summed E-state index contributed by atoms with van der Waals surface area (Å²) in [6, 6.07) is 4.48. The van der Waals surface area contributed by atoms with Gasteiger partial charge in [-0.25, -0.2) is 0 Å². The third-order valence-corrected chi connectivity index (χ3v) is 3.04. The Kier molecular flexibility index (Phi) is 5.77. The predicted octanol–water partition coefficient (Wildman–Crippen LogP) is 4.97. The molecule has 0 radical (unpaired) electrons. The number of rotatable bonds is 5. The van der Waals surface area contributed by atoms with Gasteiger partial charge in [0.2, 0.25) is 0 Å². The van der Waals surface area contributed by atoms with Gasteiger partial charge >= 0.3 is 30.2 Å². The van der Waals surface area contributed by atoms with E-state index in [2.05, 4.69) is 4.74 Å². The number of carbonyl (C=O) groups excluding carboxylic acids is 1. The van der Waals surface area contributed by atoms with E-state index >= 15 is 0 Å². The summed E-state index contributed by atoms with van der Waals surface area (Å²) in [7, 11) is 0. The van der Waals surface area contributed by atoms with E-state index in [1.807, 2.05) is 0 Å². The summed E-state index contributed by atoms with van der Waals surface area (Å²) < 4.78 is 142. The zero-order valence-electron chi connectivity index (χ0n) is 12.8. The number of ether oxygens (including phenoxy) is 1. The van der Waals surface area contributed by atoms with Crippen LogP contribution in [0.4, 0.5) is 54.0 Å². The number of hydrogen-bond acceptors (Lipinski definition) is 2. The molecule has 0 aromatic heterocycles. The Balaban J connectivity index is 3.32. The predicted molar refractivity (Wildman–Crippen MR) is 66.7 cm³/mol. The fraction of sp³-hybridized carbons (Fsp3) is 0.462. The molecule has 0 spiro atoms. The largest absolute Gasteiger partial charge is 0.462 e. The lowest BCUT2D eigenvalue weighted by Crippen LogP contribution is -2.62. The standard InChI is InChI=1S/C13H8F11NO2/c1-6-4-2-3-5-7(6)25-8(26)9(14,11(17,18)19)27-13(23,24)10(15,16)12(20,21)22/h2-5H,1H3,(H,25,26)/t9-/m1/s1. The molecule has 0 saturated heterocycles. The quantitative estimate of drug-likeness (QED) is 0.685. The number of benzene rings is 1. The molecule has 1 aromatic rings. The summed E-state index contributed by atoms with van der Waals surface area (Å²) in [4.78, 5) is 11.5. The summed E-state index contributed by atoms with van der Waals surface area (Å²) >= 11 is 0. The second-order valence-electron chi connectivity index (χ2n) is 5.05. The van der Waals surface area contributed by atoms with E-state index in [1.54, 1.807) is 0 Å². The van der Waals surface area contributed by atoms with Crippen molar-refractivity contribution in [3.8, 4) is 0 Å². The Bertz CT molecular complexity index is 698. The number of alkyl halides is 11. The molecule has 3 nitrogen and oxygen atoms in total. The van der Waals surface area contributed by atoms with Crippen molar-refractivity contribution in [2.75, 3.05) is 5.32 Å². The van der Waals surface area contributed by atoms with Crippen LogP contribution in [0, 0.1) is 6.92 Å². The molecule has 1 atom stereocenters. The van der Waals surface area contributed by atoms with Crippen LogP contribution in [0.2, 0.25) is 0 Å². The van der Waals surface area contributed by atoms with Crippen LogP contribution in [0.25, 0.3) is 0 Å². The van der Waals surface area contributed by atoms with Gasteiger partial charge in [0.25, 0.3) is 5.91 Å². The van der Waals surface area contributed by atoms with Gasteiger partial charge in [-0.05, 0) is 18.6 Å². The number of halogens is 11. The third kappa shape index (κ3) is 4.25. The zero-order chi connectivity index (χ0) is 21.5. The molecule has 0 aliphatic rings. The SMILES string of the molecule is Cc1ccccc1NC(=O)[C@@](F)(OC(F)(F)C(F)(F)C(F)(F)F)C(F)(F)F. The first kappa shape index (κ1) is 22.9. The van der Waals surface area contributed by atoms with E-state index in [1.165, 1.54) is 19.1 Å². The molecule has 0 aliphatic heterocycles. The Morgan fingerprint density at radius 3 is 1.74 bits per heavy atom. The fourth-order valence-corrected chi connectivity index (χ4v) is 1.55. The Morgan fingerprint density at radius 1 is 0.852 bits per heavy atom. The van der Waals surface area contributed by atoms with E-state index in [9.17, 15) is 53.1 Å². The molecule has 0 heterocycles. The first-order chi connectivity index (χ1) is 11.9. The number of nitrogens with one attached hydrogen (secondary N) is 1. The monoisotopic (exact) mass is 419 g/mol. The number of amides is 1. The Labute approximate surface area is 143 Å². The summed E-state index contributed by atoms with van der Waals surface area (Å²) in [5, 5.41) is 1.15. The lowest BCUT2D eigenvalue weighted by Gasteiger charge is -2.34. The third-order valence-electron chi connectivity index (χ3n) is 3.04. The van der Waals surface area contributed by atoms with Crippen LogP contribution >= 0.6 is 0 Å². The lowest BCUT2D eigenvalue weighted by molar-refractivity contribution is -0.472. The second kappa shape index (κ2) is 6.80. The molecule has 0 saturated carbocycles. The van der Waals surface area contributed by atoms with Gasteiger partial charge in [-0.3, -0.25) is 9.53 Å². The minimum atomic E-state index is -7.23. The van der Waals surface area contributed by atoms with Crippen molar-refractivity contribution in [3.63, 3.8) is 0 Å².